The molecule has 19 heavy (non-hydrogen) atoms. The van der Waals surface area contributed by atoms with Gasteiger partial charge in [0.2, 0.25) is 0 Å². The van der Waals surface area contributed by atoms with E-state index in [0.29, 0.717) is 12.1 Å². The summed E-state index contributed by atoms with van der Waals surface area (Å²) < 4.78 is 5.62. The van der Waals surface area contributed by atoms with Crippen molar-refractivity contribution in [2.75, 3.05) is 18.1 Å². The molecule has 2 aliphatic rings. The van der Waals surface area contributed by atoms with Crippen molar-refractivity contribution in [3.63, 3.8) is 0 Å². The summed E-state index contributed by atoms with van der Waals surface area (Å²) in [5.74, 6) is 0. The van der Waals surface area contributed by atoms with E-state index in [1.54, 1.807) is 0 Å². The van der Waals surface area contributed by atoms with E-state index in [-0.39, 0.29) is 0 Å². The van der Waals surface area contributed by atoms with Crippen molar-refractivity contribution in [2.24, 2.45) is 0 Å². The van der Waals surface area contributed by atoms with Crippen LogP contribution in [0.25, 0.3) is 0 Å². The lowest BCUT2D eigenvalue weighted by Crippen LogP contribution is -2.45. The molecular weight excluding hydrogens is 256 g/mol. The van der Waals surface area contributed by atoms with E-state index >= 15 is 0 Å². The first-order valence-electron chi connectivity index (χ1n) is 7.02. The molecule has 0 radical (unpaired) electrons. The third-order valence-corrected chi connectivity index (χ3v) is 4.27. The molecule has 0 unspecified atom stereocenters. The Morgan fingerprint density at radius 3 is 3.11 bits per heavy atom. The van der Waals surface area contributed by atoms with Gasteiger partial charge in [0.25, 0.3) is 0 Å². The maximum absolute atomic E-state index is 5.62. The number of hydrogen-bond acceptors (Lipinski definition) is 2. The summed E-state index contributed by atoms with van der Waals surface area (Å²) in [5.41, 5.74) is 2.64. The number of para-hydroxylation sites is 1. The molecule has 0 saturated carbocycles. The molecule has 2 atom stereocenters. The zero-order chi connectivity index (χ0) is 13.2. The van der Waals surface area contributed by atoms with Gasteiger partial charge in [-0.25, -0.2) is 0 Å². The van der Waals surface area contributed by atoms with Gasteiger partial charge in [-0.2, -0.15) is 0 Å². The van der Waals surface area contributed by atoms with Crippen molar-refractivity contribution in [3.8, 4) is 0 Å². The molecule has 0 aromatic heterocycles. The average Bonchev–Trinajstić information content (AvgIpc) is 3.02. The monoisotopic (exact) mass is 276 g/mol. The molecule has 2 aliphatic heterocycles. The molecule has 1 aromatic carbocycles. The number of ether oxygens (including phenoxy) is 1. The van der Waals surface area contributed by atoms with E-state index in [1.165, 1.54) is 17.7 Å². The Morgan fingerprint density at radius 2 is 2.32 bits per heavy atom. The van der Waals surface area contributed by atoms with Crippen LogP contribution < -0.4 is 10.2 Å². The third-order valence-electron chi connectivity index (χ3n) is 3.93. The smallest absolute Gasteiger partial charge is 0.173 e. The van der Waals surface area contributed by atoms with Gasteiger partial charge in [-0.3, -0.25) is 0 Å². The van der Waals surface area contributed by atoms with E-state index in [2.05, 4.69) is 41.4 Å². The summed E-state index contributed by atoms with van der Waals surface area (Å²) in [5, 5.41) is 4.20. The van der Waals surface area contributed by atoms with Crippen LogP contribution in [0.5, 0.6) is 0 Å². The Hall–Kier alpha value is -1.13. The van der Waals surface area contributed by atoms with Crippen LogP contribution in [0.1, 0.15) is 25.3 Å². The first-order valence-corrected chi connectivity index (χ1v) is 7.43. The van der Waals surface area contributed by atoms with Crippen molar-refractivity contribution in [1.82, 2.24) is 5.32 Å². The van der Waals surface area contributed by atoms with Crippen LogP contribution in [0.3, 0.4) is 0 Å². The second-order valence-electron chi connectivity index (χ2n) is 5.37. The van der Waals surface area contributed by atoms with Gasteiger partial charge in [0.1, 0.15) is 0 Å². The fourth-order valence-corrected chi connectivity index (χ4v) is 3.33. The van der Waals surface area contributed by atoms with Crippen LogP contribution in [-0.2, 0) is 11.2 Å². The van der Waals surface area contributed by atoms with E-state index in [9.17, 15) is 0 Å². The Morgan fingerprint density at radius 1 is 1.47 bits per heavy atom. The Balaban J connectivity index is 1.66. The van der Waals surface area contributed by atoms with Gasteiger partial charge < -0.3 is 15.0 Å². The molecular formula is C15H20N2OS. The minimum absolute atomic E-state index is 0.325. The number of anilines is 1. The number of nitrogens with one attached hydrogen (secondary N) is 1. The molecule has 1 N–H and O–H groups in total. The predicted molar refractivity (Wildman–Crippen MR) is 81.7 cm³/mol. The standard InChI is InChI=1S/C15H20N2OS/c1-11-9-12-5-2-3-7-14(12)17(11)15(19)16-10-13-6-4-8-18-13/h2-3,5,7,11,13H,4,6,8-10H2,1H3,(H,16,19)/t11-,13+/m1/s1. The second kappa shape index (κ2) is 5.47. The Kier molecular flexibility index (Phi) is 3.71. The van der Waals surface area contributed by atoms with Gasteiger partial charge in [0.15, 0.2) is 5.11 Å². The van der Waals surface area contributed by atoms with E-state index in [0.717, 1.165) is 31.1 Å². The lowest BCUT2D eigenvalue weighted by molar-refractivity contribution is 0.114. The molecule has 102 valence electrons. The van der Waals surface area contributed by atoms with Gasteiger partial charge in [-0.1, -0.05) is 18.2 Å². The number of nitrogens with zero attached hydrogens (tertiary/aromatic N) is 1. The van der Waals surface area contributed by atoms with Crippen molar-refractivity contribution in [2.45, 2.75) is 38.3 Å². The minimum atomic E-state index is 0.325. The number of fused-ring (bicyclic) bond motifs is 1. The lowest BCUT2D eigenvalue weighted by Gasteiger charge is -2.26. The molecule has 1 aromatic rings. The summed E-state index contributed by atoms with van der Waals surface area (Å²) in [6, 6.07) is 8.94. The maximum atomic E-state index is 5.62. The fourth-order valence-electron chi connectivity index (χ4n) is 2.97. The van der Waals surface area contributed by atoms with Crippen molar-refractivity contribution in [1.29, 1.82) is 0 Å². The van der Waals surface area contributed by atoms with Gasteiger partial charge in [-0.15, -0.1) is 0 Å². The largest absolute Gasteiger partial charge is 0.376 e. The SMILES string of the molecule is C[C@@H]1Cc2ccccc2N1C(=S)NC[C@@H]1CCCO1. The highest BCUT2D eigenvalue weighted by molar-refractivity contribution is 7.80. The van der Waals surface area contributed by atoms with Gasteiger partial charge >= 0.3 is 0 Å². The molecule has 2 heterocycles. The van der Waals surface area contributed by atoms with Crippen molar-refractivity contribution < 1.29 is 4.74 Å². The highest BCUT2D eigenvalue weighted by Gasteiger charge is 2.28. The number of benzene rings is 1. The van der Waals surface area contributed by atoms with Gasteiger partial charge in [0.05, 0.1) is 6.10 Å². The first kappa shape index (κ1) is 12.9. The molecule has 0 amide bonds. The number of hydrogen-bond donors (Lipinski definition) is 1. The van der Waals surface area contributed by atoms with Gasteiger partial charge in [0, 0.05) is 24.9 Å². The van der Waals surface area contributed by atoms with E-state index in [1.807, 2.05) is 0 Å². The summed E-state index contributed by atoms with van der Waals surface area (Å²) in [6.45, 7) is 3.94. The highest BCUT2D eigenvalue weighted by Crippen LogP contribution is 2.31. The van der Waals surface area contributed by atoms with Crippen LogP contribution in [0.4, 0.5) is 5.69 Å². The highest BCUT2D eigenvalue weighted by atomic mass is 32.1. The number of rotatable bonds is 2. The van der Waals surface area contributed by atoms with Crippen molar-refractivity contribution >= 4 is 23.0 Å². The van der Waals surface area contributed by atoms with E-state index < -0.39 is 0 Å². The zero-order valence-electron chi connectivity index (χ0n) is 11.3. The van der Waals surface area contributed by atoms with Crippen LogP contribution in [-0.4, -0.2) is 30.4 Å². The zero-order valence-corrected chi connectivity index (χ0v) is 12.1. The normalized spacial score (nSPS) is 25.4. The molecule has 0 aliphatic carbocycles. The summed E-state index contributed by atoms with van der Waals surface area (Å²) in [6.07, 6.45) is 3.70. The molecule has 3 nitrogen and oxygen atoms in total. The minimum Gasteiger partial charge on any atom is -0.376 e. The first-order chi connectivity index (χ1) is 9.25. The fraction of sp³-hybridized carbons (Fsp3) is 0.533. The molecule has 0 bridgehead atoms. The van der Waals surface area contributed by atoms with Crippen LogP contribution >= 0.6 is 12.2 Å². The number of thiocarbonyl (C=S) groups is 1. The topological polar surface area (TPSA) is 24.5 Å². The summed E-state index contributed by atoms with van der Waals surface area (Å²) in [4.78, 5) is 2.24. The predicted octanol–water partition coefficient (Wildman–Crippen LogP) is 2.49. The van der Waals surface area contributed by atoms with Gasteiger partial charge in [-0.05, 0) is 50.0 Å². The molecule has 1 fully saturated rings. The van der Waals surface area contributed by atoms with Crippen LogP contribution in [0, 0.1) is 0 Å². The molecule has 1 saturated heterocycles. The third kappa shape index (κ3) is 2.60. The Bertz CT molecular complexity index is 471. The van der Waals surface area contributed by atoms with Crippen LogP contribution in [0.15, 0.2) is 24.3 Å². The molecule has 3 rings (SSSR count). The average molecular weight is 276 g/mol. The quantitative estimate of drug-likeness (QED) is 0.839. The lowest BCUT2D eigenvalue weighted by atomic mass is 10.1. The summed E-state index contributed by atoms with van der Waals surface area (Å²) >= 11 is 5.56. The molecule has 4 heteroatoms. The second-order valence-corrected chi connectivity index (χ2v) is 5.76. The van der Waals surface area contributed by atoms with Crippen molar-refractivity contribution in [3.05, 3.63) is 29.8 Å². The van der Waals surface area contributed by atoms with E-state index in [4.69, 9.17) is 17.0 Å². The summed E-state index contributed by atoms with van der Waals surface area (Å²) in [7, 11) is 0. The van der Waals surface area contributed by atoms with Crippen LogP contribution in [0.2, 0.25) is 0 Å². The Labute approximate surface area is 119 Å². The maximum Gasteiger partial charge on any atom is 0.173 e. The molecule has 0 spiro atoms.